The molecule has 28 heavy (non-hydrogen) atoms. The molecule has 0 unspecified atom stereocenters. The minimum atomic E-state index is -0.905. The van der Waals surface area contributed by atoms with E-state index in [4.69, 9.17) is 4.74 Å². The molecular weight excluding hydrogens is 356 g/mol. The van der Waals surface area contributed by atoms with Gasteiger partial charge in [0.25, 0.3) is 0 Å². The van der Waals surface area contributed by atoms with E-state index in [1.807, 2.05) is 6.08 Å². The fraction of sp³-hybridized carbons (Fsp3) is 0.826. The highest BCUT2D eigenvalue weighted by molar-refractivity contribution is 5.92. The third-order valence-corrected chi connectivity index (χ3v) is 10.2. The molecule has 5 heteroatoms. The van der Waals surface area contributed by atoms with Gasteiger partial charge in [-0.2, -0.15) is 0 Å². The van der Waals surface area contributed by atoms with Crippen LogP contribution in [0.4, 0.5) is 0 Å². The molecule has 0 radical (unpaired) electrons. The van der Waals surface area contributed by atoms with Crippen molar-refractivity contribution in [1.82, 2.24) is 0 Å². The number of aliphatic hydroxyl groups is 1. The van der Waals surface area contributed by atoms with E-state index in [1.54, 1.807) is 0 Å². The zero-order valence-electron chi connectivity index (χ0n) is 16.7. The Bertz CT molecular complexity index is 833. The third-order valence-electron chi connectivity index (χ3n) is 10.2. The van der Waals surface area contributed by atoms with Crippen molar-refractivity contribution in [1.29, 1.82) is 0 Å². The summed E-state index contributed by atoms with van der Waals surface area (Å²) in [6, 6.07) is 0. The first-order valence-corrected chi connectivity index (χ1v) is 11.0. The molecule has 5 fully saturated rings. The first-order chi connectivity index (χ1) is 13.2. The lowest BCUT2D eigenvalue weighted by Crippen LogP contribution is -2.60. The highest BCUT2D eigenvalue weighted by Crippen LogP contribution is 2.82. The van der Waals surface area contributed by atoms with Gasteiger partial charge < -0.3 is 14.9 Å². The van der Waals surface area contributed by atoms with Gasteiger partial charge in [-0.25, -0.2) is 0 Å². The quantitative estimate of drug-likeness (QED) is 0.728. The Hall–Kier alpha value is -1.20. The van der Waals surface area contributed by atoms with Crippen LogP contribution in [0.3, 0.4) is 0 Å². The van der Waals surface area contributed by atoms with Gasteiger partial charge in [0, 0.05) is 23.7 Å². The van der Waals surface area contributed by atoms with E-state index in [1.165, 1.54) is 5.57 Å². The van der Waals surface area contributed by atoms with Crippen molar-refractivity contribution in [3.63, 3.8) is 0 Å². The standard InChI is InChI=1S/C23H30O5/c1-20-6-3-12(24)9-16(20)13-10-14(13)19-15-4-7-22(27,8-5-18(25)26)21(15,2)11-17-23(19,20)28-17/h9,13-15,17,19,27H,3-8,10-11H2,1-2H3,(H,25,26)/t13-,14+,15+,17+,19+,20+,21+,22-,23-/m1/s1. The number of carbonyl (C=O) groups is 2. The Morgan fingerprint density at radius 2 is 2.11 bits per heavy atom. The van der Waals surface area contributed by atoms with Crippen molar-refractivity contribution in [2.24, 2.45) is 34.5 Å². The molecule has 152 valence electrons. The highest BCUT2D eigenvalue weighted by Gasteiger charge is 2.84. The molecule has 1 aliphatic heterocycles. The number of hydrogen-bond donors (Lipinski definition) is 2. The summed E-state index contributed by atoms with van der Waals surface area (Å²) in [5.41, 5.74) is -0.0168. The van der Waals surface area contributed by atoms with E-state index < -0.39 is 11.6 Å². The van der Waals surface area contributed by atoms with Crippen molar-refractivity contribution >= 4 is 11.8 Å². The van der Waals surface area contributed by atoms with Crippen molar-refractivity contribution in [3.05, 3.63) is 11.6 Å². The van der Waals surface area contributed by atoms with Gasteiger partial charge in [-0.05, 0) is 68.3 Å². The number of ether oxygens (including phenoxy) is 1. The Labute approximate surface area is 165 Å². The zero-order chi connectivity index (χ0) is 19.7. The van der Waals surface area contributed by atoms with E-state index >= 15 is 0 Å². The average Bonchev–Trinajstić information content (AvgIpc) is 3.52. The van der Waals surface area contributed by atoms with Crippen LogP contribution in [-0.4, -0.2) is 39.3 Å². The molecule has 6 aliphatic rings. The van der Waals surface area contributed by atoms with Crippen LogP contribution in [0.5, 0.6) is 0 Å². The monoisotopic (exact) mass is 386 g/mol. The summed E-state index contributed by atoms with van der Waals surface area (Å²) in [6.07, 6.45) is 7.59. The molecule has 6 rings (SSSR count). The van der Waals surface area contributed by atoms with Crippen LogP contribution in [0.2, 0.25) is 0 Å². The molecular formula is C23H30O5. The number of ketones is 1. The Morgan fingerprint density at radius 3 is 2.86 bits per heavy atom. The predicted octanol–water partition coefficient (Wildman–Crippen LogP) is 3.10. The second kappa shape index (κ2) is 4.92. The van der Waals surface area contributed by atoms with E-state index in [9.17, 15) is 19.8 Å². The van der Waals surface area contributed by atoms with E-state index in [-0.39, 0.29) is 34.7 Å². The number of carboxylic acid groups (broad SMARTS) is 1. The normalized spacial score (nSPS) is 57.9. The molecule has 1 spiro atoms. The van der Waals surface area contributed by atoms with Crippen LogP contribution >= 0.6 is 0 Å². The number of aliphatic carboxylic acids is 1. The third kappa shape index (κ3) is 1.78. The first-order valence-electron chi connectivity index (χ1n) is 11.0. The maximum absolute atomic E-state index is 12.1. The van der Waals surface area contributed by atoms with Crippen molar-refractivity contribution < 1.29 is 24.5 Å². The molecule has 1 saturated heterocycles. The number of fused-ring (bicyclic) bond motifs is 6. The van der Waals surface area contributed by atoms with Crippen molar-refractivity contribution in [3.8, 4) is 0 Å². The molecule has 5 aliphatic carbocycles. The van der Waals surface area contributed by atoms with Crippen molar-refractivity contribution in [2.75, 3.05) is 0 Å². The highest BCUT2D eigenvalue weighted by atomic mass is 16.6. The number of hydrogen-bond acceptors (Lipinski definition) is 4. The number of rotatable bonds is 3. The first kappa shape index (κ1) is 17.6. The molecule has 9 atom stereocenters. The van der Waals surface area contributed by atoms with E-state index in [0.717, 1.165) is 25.7 Å². The largest absolute Gasteiger partial charge is 0.481 e. The lowest BCUT2D eigenvalue weighted by molar-refractivity contribution is -0.144. The maximum atomic E-state index is 12.1. The molecule has 4 saturated carbocycles. The molecule has 0 bridgehead atoms. The lowest BCUT2D eigenvalue weighted by atomic mass is 9.46. The minimum absolute atomic E-state index is 0.0267. The summed E-state index contributed by atoms with van der Waals surface area (Å²) in [5.74, 6) is 1.36. The number of epoxide rings is 1. The summed E-state index contributed by atoms with van der Waals surface area (Å²) in [7, 11) is 0. The SMILES string of the molecule is C[C@]12CCC(=O)C=C1[C@@H]1C[C@@H]1[C@H]1[C@@H]3CC[C@@](O)(CCC(=O)O)[C@@]3(C)C[C@@H]3O[C@@]132. The second-order valence-electron chi connectivity index (χ2n) is 11.0. The summed E-state index contributed by atoms with van der Waals surface area (Å²) in [5, 5.41) is 20.8. The molecule has 2 N–H and O–H groups in total. The van der Waals surface area contributed by atoms with Gasteiger partial charge in [-0.3, -0.25) is 9.59 Å². The Balaban J connectivity index is 1.40. The number of carboxylic acids is 1. The topological polar surface area (TPSA) is 87.1 Å². The van der Waals surface area contributed by atoms with Gasteiger partial charge in [0.2, 0.25) is 0 Å². The van der Waals surface area contributed by atoms with Crippen LogP contribution in [0.25, 0.3) is 0 Å². The smallest absolute Gasteiger partial charge is 0.303 e. The van der Waals surface area contributed by atoms with Gasteiger partial charge in [0.05, 0.1) is 11.7 Å². The minimum Gasteiger partial charge on any atom is -0.481 e. The molecule has 0 aromatic rings. The van der Waals surface area contributed by atoms with Crippen LogP contribution in [0.1, 0.15) is 65.2 Å². The number of carbonyl (C=O) groups excluding carboxylic acids is 1. The second-order valence-corrected chi connectivity index (χ2v) is 11.0. The summed E-state index contributed by atoms with van der Waals surface area (Å²) in [6.45, 7) is 4.54. The Kier molecular flexibility index (Phi) is 3.10. The van der Waals surface area contributed by atoms with Crippen LogP contribution in [0.15, 0.2) is 11.6 Å². The molecule has 0 amide bonds. The Morgan fingerprint density at radius 1 is 1.32 bits per heavy atom. The van der Waals surface area contributed by atoms with Crippen LogP contribution < -0.4 is 0 Å². The molecule has 5 nitrogen and oxygen atoms in total. The molecule has 0 aromatic carbocycles. The molecule has 1 heterocycles. The summed E-state index contributed by atoms with van der Waals surface area (Å²) in [4.78, 5) is 23.3. The van der Waals surface area contributed by atoms with E-state index in [0.29, 0.717) is 42.9 Å². The van der Waals surface area contributed by atoms with Crippen LogP contribution in [-0.2, 0) is 14.3 Å². The van der Waals surface area contributed by atoms with Crippen LogP contribution in [0, 0.1) is 34.5 Å². The fourth-order valence-electron chi connectivity index (χ4n) is 8.66. The van der Waals surface area contributed by atoms with Gasteiger partial charge in [-0.1, -0.05) is 19.4 Å². The van der Waals surface area contributed by atoms with Gasteiger partial charge in [-0.15, -0.1) is 0 Å². The summed E-state index contributed by atoms with van der Waals surface area (Å²) >= 11 is 0. The fourth-order valence-corrected chi connectivity index (χ4v) is 8.66. The van der Waals surface area contributed by atoms with Gasteiger partial charge in [0.15, 0.2) is 5.78 Å². The van der Waals surface area contributed by atoms with Crippen molar-refractivity contribution in [2.45, 2.75) is 82.5 Å². The maximum Gasteiger partial charge on any atom is 0.303 e. The molecule has 0 aromatic heterocycles. The van der Waals surface area contributed by atoms with E-state index in [2.05, 4.69) is 13.8 Å². The van der Waals surface area contributed by atoms with Gasteiger partial charge in [0.1, 0.15) is 5.60 Å². The zero-order valence-corrected chi connectivity index (χ0v) is 16.7. The lowest BCUT2D eigenvalue weighted by Gasteiger charge is -2.56. The van der Waals surface area contributed by atoms with Gasteiger partial charge >= 0.3 is 5.97 Å². The average molecular weight is 386 g/mol. The summed E-state index contributed by atoms with van der Waals surface area (Å²) < 4.78 is 6.62. The predicted molar refractivity (Wildman–Crippen MR) is 100 cm³/mol.